The molecule has 0 fully saturated rings. The van der Waals surface area contributed by atoms with Crippen LogP contribution >= 0.6 is 11.3 Å². The molecule has 0 bridgehead atoms. The molecule has 4 nitrogen and oxygen atoms in total. The number of fused-ring (bicyclic) bond motifs is 1. The van der Waals surface area contributed by atoms with Crippen LogP contribution in [0, 0.1) is 6.92 Å². The Labute approximate surface area is 151 Å². The number of nitrogens with one attached hydrogen (secondary N) is 1. The molecule has 0 saturated heterocycles. The molecule has 1 aromatic heterocycles. The molecule has 3 rings (SSSR count). The van der Waals surface area contributed by atoms with Gasteiger partial charge in [0.05, 0.1) is 10.2 Å². The van der Waals surface area contributed by atoms with Crippen molar-refractivity contribution in [1.82, 2.24) is 4.98 Å². The summed E-state index contributed by atoms with van der Waals surface area (Å²) in [6.07, 6.45) is 0. The van der Waals surface area contributed by atoms with E-state index >= 15 is 0 Å². The number of aryl methyl sites for hydroxylation is 1. The van der Waals surface area contributed by atoms with Crippen LogP contribution in [0.3, 0.4) is 0 Å². The first kappa shape index (κ1) is 17.4. The summed E-state index contributed by atoms with van der Waals surface area (Å²) in [6.45, 7) is 8.49. The molecule has 25 heavy (non-hydrogen) atoms. The minimum Gasteiger partial charge on any atom is -0.484 e. The van der Waals surface area contributed by atoms with Gasteiger partial charge in [-0.05, 0) is 47.7 Å². The summed E-state index contributed by atoms with van der Waals surface area (Å²) in [6, 6.07) is 13.9. The van der Waals surface area contributed by atoms with Crippen LogP contribution in [-0.4, -0.2) is 17.5 Å². The lowest BCUT2D eigenvalue weighted by molar-refractivity contribution is -0.118. The summed E-state index contributed by atoms with van der Waals surface area (Å²) in [5, 5.41) is 3.41. The number of hydrogen-bond acceptors (Lipinski definition) is 4. The standard InChI is InChI=1S/C20H22N2O2S/c1-13-6-5-7-15(10-13)24-12-18(23)22-19-21-16-9-8-14(20(2,3)4)11-17(16)25-19/h5-11H,12H2,1-4H3,(H,21,22,23). The Morgan fingerprint density at radius 3 is 2.72 bits per heavy atom. The van der Waals surface area contributed by atoms with Crippen LogP contribution in [0.15, 0.2) is 42.5 Å². The second-order valence-corrected chi connectivity index (χ2v) is 8.14. The van der Waals surface area contributed by atoms with E-state index < -0.39 is 0 Å². The van der Waals surface area contributed by atoms with Gasteiger partial charge < -0.3 is 4.74 Å². The number of carbonyl (C=O) groups excluding carboxylic acids is 1. The largest absolute Gasteiger partial charge is 0.484 e. The molecule has 0 aliphatic carbocycles. The third-order valence-electron chi connectivity index (χ3n) is 3.86. The molecule has 0 radical (unpaired) electrons. The topological polar surface area (TPSA) is 51.2 Å². The first-order chi connectivity index (χ1) is 11.8. The smallest absolute Gasteiger partial charge is 0.264 e. The van der Waals surface area contributed by atoms with Gasteiger partial charge in [0.2, 0.25) is 0 Å². The summed E-state index contributed by atoms with van der Waals surface area (Å²) in [5.74, 6) is 0.478. The molecule has 0 unspecified atom stereocenters. The molecular formula is C20H22N2O2S. The van der Waals surface area contributed by atoms with Crippen LogP contribution in [0.25, 0.3) is 10.2 Å². The van der Waals surface area contributed by atoms with Crippen molar-refractivity contribution in [3.05, 3.63) is 53.6 Å². The van der Waals surface area contributed by atoms with Crippen molar-refractivity contribution in [2.75, 3.05) is 11.9 Å². The summed E-state index contributed by atoms with van der Waals surface area (Å²) in [4.78, 5) is 16.6. The molecule has 1 N–H and O–H groups in total. The molecule has 0 saturated carbocycles. The van der Waals surface area contributed by atoms with E-state index in [1.165, 1.54) is 16.9 Å². The van der Waals surface area contributed by atoms with Crippen LogP contribution in [0.1, 0.15) is 31.9 Å². The van der Waals surface area contributed by atoms with Gasteiger partial charge in [-0.15, -0.1) is 0 Å². The number of anilines is 1. The lowest BCUT2D eigenvalue weighted by Crippen LogP contribution is -2.20. The van der Waals surface area contributed by atoms with Crippen LogP contribution < -0.4 is 10.1 Å². The maximum absolute atomic E-state index is 12.1. The molecule has 5 heteroatoms. The maximum Gasteiger partial charge on any atom is 0.264 e. The van der Waals surface area contributed by atoms with Crippen molar-refractivity contribution in [2.45, 2.75) is 33.1 Å². The number of ether oxygens (including phenoxy) is 1. The number of benzene rings is 2. The predicted molar refractivity (Wildman–Crippen MR) is 104 cm³/mol. The Hall–Kier alpha value is -2.40. The van der Waals surface area contributed by atoms with Crippen LogP contribution in [0.5, 0.6) is 5.75 Å². The molecule has 3 aromatic rings. The van der Waals surface area contributed by atoms with E-state index in [0.29, 0.717) is 10.9 Å². The van der Waals surface area contributed by atoms with Gasteiger partial charge in [-0.1, -0.05) is 50.3 Å². The van der Waals surface area contributed by atoms with Gasteiger partial charge in [0.15, 0.2) is 11.7 Å². The number of hydrogen-bond donors (Lipinski definition) is 1. The number of carbonyl (C=O) groups is 1. The highest BCUT2D eigenvalue weighted by atomic mass is 32.1. The fourth-order valence-corrected chi connectivity index (χ4v) is 3.38. The van der Waals surface area contributed by atoms with Crippen molar-refractivity contribution < 1.29 is 9.53 Å². The Balaban J connectivity index is 1.67. The van der Waals surface area contributed by atoms with Crippen LogP contribution in [0.2, 0.25) is 0 Å². The van der Waals surface area contributed by atoms with E-state index in [0.717, 1.165) is 15.8 Å². The number of thiazole rings is 1. The van der Waals surface area contributed by atoms with Gasteiger partial charge in [0.1, 0.15) is 5.75 Å². The average Bonchev–Trinajstić information content (AvgIpc) is 2.93. The Morgan fingerprint density at radius 2 is 2.00 bits per heavy atom. The predicted octanol–water partition coefficient (Wildman–Crippen LogP) is 4.92. The molecule has 0 atom stereocenters. The molecule has 1 heterocycles. The zero-order chi connectivity index (χ0) is 18.0. The number of rotatable bonds is 4. The summed E-state index contributed by atoms with van der Waals surface area (Å²) >= 11 is 1.48. The zero-order valence-corrected chi connectivity index (χ0v) is 15.7. The fourth-order valence-electron chi connectivity index (χ4n) is 2.45. The van der Waals surface area contributed by atoms with Crippen molar-refractivity contribution in [2.24, 2.45) is 0 Å². The third kappa shape index (κ3) is 4.37. The number of amides is 1. The minimum atomic E-state index is -0.211. The average molecular weight is 354 g/mol. The second kappa shape index (κ2) is 6.84. The zero-order valence-electron chi connectivity index (χ0n) is 14.9. The Bertz CT molecular complexity index is 909. The molecule has 0 spiro atoms. The molecule has 2 aromatic carbocycles. The van der Waals surface area contributed by atoms with Crippen molar-refractivity contribution >= 4 is 32.6 Å². The van der Waals surface area contributed by atoms with E-state index in [2.05, 4.69) is 43.2 Å². The van der Waals surface area contributed by atoms with Gasteiger partial charge in [-0.2, -0.15) is 0 Å². The number of nitrogens with zero attached hydrogens (tertiary/aromatic N) is 1. The third-order valence-corrected chi connectivity index (χ3v) is 4.79. The van der Waals surface area contributed by atoms with Gasteiger partial charge in [0, 0.05) is 0 Å². The normalized spacial score (nSPS) is 11.5. The summed E-state index contributed by atoms with van der Waals surface area (Å²) in [5.41, 5.74) is 3.33. The van der Waals surface area contributed by atoms with Gasteiger partial charge in [-0.25, -0.2) is 4.98 Å². The van der Waals surface area contributed by atoms with Gasteiger partial charge >= 0.3 is 0 Å². The van der Waals surface area contributed by atoms with E-state index in [1.807, 2.05) is 37.3 Å². The first-order valence-electron chi connectivity index (χ1n) is 8.22. The highest BCUT2D eigenvalue weighted by Crippen LogP contribution is 2.31. The molecule has 1 amide bonds. The molecular weight excluding hydrogens is 332 g/mol. The summed E-state index contributed by atoms with van der Waals surface area (Å²) in [7, 11) is 0. The number of aromatic nitrogens is 1. The van der Waals surface area contributed by atoms with Gasteiger partial charge in [-0.3, -0.25) is 10.1 Å². The maximum atomic E-state index is 12.1. The van der Waals surface area contributed by atoms with Crippen LogP contribution in [-0.2, 0) is 10.2 Å². The Morgan fingerprint density at radius 1 is 1.20 bits per heavy atom. The van der Waals surface area contributed by atoms with Crippen LogP contribution in [0.4, 0.5) is 5.13 Å². The highest BCUT2D eigenvalue weighted by Gasteiger charge is 2.15. The van der Waals surface area contributed by atoms with Crippen molar-refractivity contribution in [3.63, 3.8) is 0 Å². The first-order valence-corrected chi connectivity index (χ1v) is 9.03. The minimum absolute atomic E-state index is 0.0351. The van der Waals surface area contributed by atoms with Crippen molar-refractivity contribution in [3.8, 4) is 5.75 Å². The highest BCUT2D eigenvalue weighted by molar-refractivity contribution is 7.22. The lowest BCUT2D eigenvalue weighted by atomic mass is 9.87. The fraction of sp³-hybridized carbons (Fsp3) is 0.300. The van der Waals surface area contributed by atoms with Crippen molar-refractivity contribution in [1.29, 1.82) is 0 Å². The van der Waals surface area contributed by atoms with Gasteiger partial charge in [0.25, 0.3) is 5.91 Å². The quantitative estimate of drug-likeness (QED) is 0.723. The molecule has 0 aliphatic heterocycles. The lowest BCUT2D eigenvalue weighted by Gasteiger charge is -2.18. The Kier molecular flexibility index (Phi) is 4.77. The second-order valence-electron chi connectivity index (χ2n) is 7.10. The van der Waals surface area contributed by atoms with E-state index in [9.17, 15) is 4.79 Å². The summed E-state index contributed by atoms with van der Waals surface area (Å²) < 4.78 is 6.60. The molecule has 130 valence electrons. The van der Waals surface area contributed by atoms with E-state index in [-0.39, 0.29) is 17.9 Å². The monoisotopic (exact) mass is 354 g/mol. The van der Waals surface area contributed by atoms with E-state index in [4.69, 9.17) is 4.74 Å². The molecule has 0 aliphatic rings. The van der Waals surface area contributed by atoms with E-state index in [1.54, 1.807) is 0 Å². The SMILES string of the molecule is Cc1cccc(OCC(=O)Nc2nc3ccc(C(C)(C)C)cc3s2)c1.